The zero-order valence-electron chi connectivity index (χ0n) is 10.7. The number of rotatable bonds is 4. The van der Waals surface area contributed by atoms with Crippen LogP contribution in [0.5, 0.6) is 0 Å². The van der Waals surface area contributed by atoms with Crippen molar-refractivity contribution in [3.63, 3.8) is 0 Å². The topological polar surface area (TPSA) is 54.0 Å². The molecule has 1 heterocycles. The largest absolute Gasteiger partial charge is 0.374 e. The van der Waals surface area contributed by atoms with E-state index in [2.05, 4.69) is 31.5 Å². The molecule has 2 rings (SSSR count). The lowest BCUT2D eigenvalue weighted by molar-refractivity contribution is -0.116. The minimum absolute atomic E-state index is 0.164. The summed E-state index contributed by atoms with van der Waals surface area (Å²) >= 11 is 9.10. The number of carbonyl (C=O) groups excluding carboxylic acids is 1. The van der Waals surface area contributed by atoms with E-state index < -0.39 is 0 Å². The van der Waals surface area contributed by atoms with Crippen molar-refractivity contribution in [2.24, 2.45) is 0 Å². The summed E-state index contributed by atoms with van der Waals surface area (Å²) in [6.45, 7) is 1.79. The van der Waals surface area contributed by atoms with Crippen LogP contribution in [0.1, 0.15) is 6.92 Å². The number of nitrogens with zero attached hydrogens (tertiary/aromatic N) is 1. The Hall–Kier alpha value is -1.59. The molecule has 2 aromatic rings. The zero-order chi connectivity index (χ0) is 14.5. The van der Waals surface area contributed by atoms with Crippen LogP contribution < -0.4 is 10.6 Å². The van der Waals surface area contributed by atoms with Crippen LogP contribution in [-0.4, -0.2) is 16.9 Å². The molecule has 0 bridgehead atoms. The van der Waals surface area contributed by atoms with Gasteiger partial charge in [0.25, 0.3) is 0 Å². The SMILES string of the molecule is C[C@@H](Nc1ccc(Br)cc1)C(=O)Nc1ccc(Cl)cn1. The van der Waals surface area contributed by atoms with Gasteiger partial charge in [-0.15, -0.1) is 0 Å². The Morgan fingerprint density at radius 1 is 1.25 bits per heavy atom. The van der Waals surface area contributed by atoms with Crippen LogP contribution in [0.3, 0.4) is 0 Å². The van der Waals surface area contributed by atoms with Gasteiger partial charge >= 0.3 is 0 Å². The molecule has 0 saturated carbocycles. The van der Waals surface area contributed by atoms with Crippen molar-refractivity contribution in [2.75, 3.05) is 10.6 Å². The van der Waals surface area contributed by atoms with Gasteiger partial charge in [0.15, 0.2) is 0 Å². The molecular weight excluding hydrogens is 342 g/mol. The van der Waals surface area contributed by atoms with Crippen LogP contribution >= 0.6 is 27.5 Å². The molecular formula is C14H13BrClN3O. The summed E-state index contributed by atoms with van der Waals surface area (Å²) in [6.07, 6.45) is 1.49. The fourth-order valence-electron chi connectivity index (χ4n) is 1.55. The summed E-state index contributed by atoms with van der Waals surface area (Å²) in [7, 11) is 0. The van der Waals surface area contributed by atoms with Gasteiger partial charge in [-0.3, -0.25) is 4.79 Å². The van der Waals surface area contributed by atoms with Crippen molar-refractivity contribution in [3.8, 4) is 0 Å². The molecule has 20 heavy (non-hydrogen) atoms. The number of nitrogens with one attached hydrogen (secondary N) is 2. The number of carbonyl (C=O) groups is 1. The molecule has 1 amide bonds. The summed E-state index contributed by atoms with van der Waals surface area (Å²) in [5, 5.41) is 6.37. The van der Waals surface area contributed by atoms with Gasteiger partial charge in [0, 0.05) is 16.4 Å². The average molecular weight is 355 g/mol. The standard InChI is InChI=1S/C14H13BrClN3O/c1-9(18-12-5-2-10(15)3-6-12)14(20)19-13-7-4-11(16)8-17-13/h2-9,18H,1H3,(H,17,19,20)/t9-/m1/s1. The first-order chi connectivity index (χ1) is 9.54. The Morgan fingerprint density at radius 2 is 1.95 bits per heavy atom. The van der Waals surface area contributed by atoms with Gasteiger partial charge in [-0.2, -0.15) is 0 Å². The predicted molar refractivity (Wildman–Crippen MR) is 85.1 cm³/mol. The van der Waals surface area contributed by atoms with Crippen LogP contribution in [0.15, 0.2) is 47.1 Å². The molecule has 1 aromatic heterocycles. The third-order valence-electron chi connectivity index (χ3n) is 2.60. The molecule has 1 atom stereocenters. The molecule has 0 saturated heterocycles. The normalized spacial score (nSPS) is 11.8. The van der Waals surface area contributed by atoms with E-state index in [1.165, 1.54) is 6.20 Å². The van der Waals surface area contributed by atoms with Crippen LogP contribution in [0, 0.1) is 0 Å². The maximum atomic E-state index is 12.0. The molecule has 4 nitrogen and oxygen atoms in total. The van der Waals surface area contributed by atoms with E-state index in [0.29, 0.717) is 10.8 Å². The number of hydrogen-bond acceptors (Lipinski definition) is 3. The Labute approximate surface area is 130 Å². The fourth-order valence-corrected chi connectivity index (χ4v) is 1.92. The van der Waals surface area contributed by atoms with Crippen molar-refractivity contribution in [1.82, 2.24) is 4.98 Å². The molecule has 0 aliphatic heterocycles. The lowest BCUT2D eigenvalue weighted by Crippen LogP contribution is -2.32. The van der Waals surface area contributed by atoms with E-state index in [1.807, 2.05) is 24.3 Å². The van der Waals surface area contributed by atoms with Gasteiger partial charge in [0.2, 0.25) is 5.91 Å². The Bertz CT molecular complexity index is 586. The number of hydrogen-bond donors (Lipinski definition) is 2. The number of amides is 1. The van der Waals surface area contributed by atoms with Crippen molar-refractivity contribution in [2.45, 2.75) is 13.0 Å². The Kier molecular flexibility index (Phi) is 4.98. The summed E-state index contributed by atoms with van der Waals surface area (Å²) in [5.41, 5.74) is 0.875. The number of anilines is 2. The van der Waals surface area contributed by atoms with Crippen LogP contribution in [0.25, 0.3) is 0 Å². The third-order valence-corrected chi connectivity index (χ3v) is 3.35. The highest BCUT2D eigenvalue weighted by Gasteiger charge is 2.13. The number of halogens is 2. The number of aromatic nitrogens is 1. The fraction of sp³-hybridized carbons (Fsp3) is 0.143. The Morgan fingerprint density at radius 3 is 2.55 bits per heavy atom. The zero-order valence-corrected chi connectivity index (χ0v) is 13.1. The second kappa shape index (κ2) is 6.72. The minimum atomic E-state index is -0.381. The molecule has 6 heteroatoms. The van der Waals surface area contributed by atoms with Gasteiger partial charge < -0.3 is 10.6 Å². The second-order valence-electron chi connectivity index (χ2n) is 4.22. The monoisotopic (exact) mass is 353 g/mol. The highest BCUT2D eigenvalue weighted by Crippen LogP contribution is 2.15. The van der Waals surface area contributed by atoms with E-state index in [1.54, 1.807) is 19.1 Å². The first-order valence-electron chi connectivity index (χ1n) is 5.99. The van der Waals surface area contributed by atoms with Crippen molar-refractivity contribution >= 4 is 44.9 Å². The number of pyridine rings is 1. The van der Waals surface area contributed by atoms with Gasteiger partial charge in [-0.1, -0.05) is 27.5 Å². The second-order valence-corrected chi connectivity index (χ2v) is 5.58. The number of benzene rings is 1. The smallest absolute Gasteiger partial charge is 0.247 e. The van der Waals surface area contributed by atoms with E-state index >= 15 is 0 Å². The van der Waals surface area contributed by atoms with E-state index in [0.717, 1.165) is 10.2 Å². The van der Waals surface area contributed by atoms with Gasteiger partial charge in [-0.05, 0) is 43.3 Å². The quantitative estimate of drug-likeness (QED) is 0.874. The van der Waals surface area contributed by atoms with Crippen LogP contribution in [0.2, 0.25) is 5.02 Å². The lowest BCUT2D eigenvalue weighted by Gasteiger charge is -2.15. The summed E-state index contributed by atoms with van der Waals surface area (Å²) < 4.78 is 0.991. The van der Waals surface area contributed by atoms with Crippen LogP contribution in [0.4, 0.5) is 11.5 Å². The van der Waals surface area contributed by atoms with E-state index in [4.69, 9.17) is 11.6 Å². The molecule has 0 fully saturated rings. The molecule has 0 unspecified atom stereocenters. The average Bonchev–Trinajstić information content (AvgIpc) is 2.44. The molecule has 0 aliphatic rings. The third kappa shape index (κ3) is 4.21. The van der Waals surface area contributed by atoms with Gasteiger partial charge in [0.05, 0.1) is 5.02 Å². The molecule has 0 aliphatic carbocycles. The Balaban J connectivity index is 1.94. The molecule has 104 valence electrons. The summed E-state index contributed by atoms with van der Waals surface area (Å²) in [5.74, 6) is 0.312. The van der Waals surface area contributed by atoms with Gasteiger partial charge in [-0.25, -0.2) is 4.98 Å². The molecule has 2 N–H and O–H groups in total. The molecule has 0 radical (unpaired) electrons. The maximum absolute atomic E-state index is 12.0. The van der Waals surface area contributed by atoms with Crippen LogP contribution in [-0.2, 0) is 4.79 Å². The van der Waals surface area contributed by atoms with Gasteiger partial charge in [0.1, 0.15) is 11.9 Å². The molecule has 0 spiro atoms. The van der Waals surface area contributed by atoms with Crippen molar-refractivity contribution in [3.05, 3.63) is 52.1 Å². The molecule has 1 aromatic carbocycles. The maximum Gasteiger partial charge on any atom is 0.247 e. The first-order valence-corrected chi connectivity index (χ1v) is 7.16. The lowest BCUT2D eigenvalue weighted by atomic mass is 10.2. The highest BCUT2D eigenvalue weighted by molar-refractivity contribution is 9.10. The predicted octanol–water partition coefficient (Wildman–Crippen LogP) is 3.94. The highest BCUT2D eigenvalue weighted by atomic mass is 79.9. The van der Waals surface area contributed by atoms with E-state index in [-0.39, 0.29) is 11.9 Å². The summed E-state index contributed by atoms with van der Waals surface area (Å²) in [6, 6.07) is 10.6. The van der Waals surface area contributed by atoms with Crippen molar-refractivity contribution < 1.29 is 4.79 Å². The first kappa shape index (κ1) is 14.8. The van der Waals surface area contributed by atoms with E-state index in [9.17, 15) is 4.79 Å². The minimum Gasteiger partial charge on any atom is -0.374 e. The summed E-state index contributed by atoms with van der Waals surface area (Å²) in [4.78, 5) is 16.0. The van der Waals surface area contributed by atoms with Crippen molar-refractivity contribution in [1.29, 1.82) is 0 Å².